The minimum absolute atomic E-state index is 0.305. The molecule has 1 unspecified atom stereocenters. The van der Waals surface area contributed by atoms with Gasteiger partial charge in [0.15, 0.2) is 0 Å². The summed E-state index contributed by atoms with van der Waals surface area (Å²) in [6, 6.07) is 7.03. The lowest BCUT2D eigenvalue weighted by molar-refractivity contribution is 0.571. The highest BCUT2D eigenvalue weighted by Gasteiger charge is 2.11. The summed E-state index contributed by atoms with van der Waals surface area (Å²) in [5.41, 5.74) is 5.17. The van der Waals surface area contributed by atoms with E-state index in [9.17, 15) is 0 Å². The first-order valence-corrected chi connectivity index (χ1v) is 7.61. The Bertz CT molecular complexity index is 577. The Kier molecular flexibility index (Phi) is 3.53. The van der Waals surface area contributed by atoms with E-state index in [-0.39, 0.29) is 0 Å². The first kappa shape index (κ1) is 12.6. The summed E-state index contributed by atoms with van der Waals surface area (Å²) in [4.78, 5) is 4.52. The molecule has 0 fully saturated rings. The van der Waals surface area contributed by atoms with Crippen molar-refractivity contribution in [3.8, 4) is 0 Å². The molecular formula is C15H19N3S. The number of thiazole rings is 1. The fourth-order valence-corrected chi connectivity index (χ4v) is 3.21. The molecule has 100 valence electrons. The van der Waals surface area contributed by atoms with Crippen molar-refractivity contribution in [2.24, 2.45) is 0 Å². The maximum atomic E-state index is 4.52. The fourth-order valence-electron chi connectivity index (χ4n) is 2.38. The van der Waals surface area contributed by atoms with E-state index in [0.717, 1.165) is 30.2 Å². The number of anilines is 1. The number of hydrogen-bond donors (Lipinski definition) is 2. The van der Waals surface area contributed by atoms with E-state index in [1.165, 1.54) is 16.8 Å². The molecule has 3 rings (SSSR count). The topological polar surface area (TPSA) is 37.0 Å². The lowest BCUT2D eigenvalue weighted by Crippen LogP contribution is -2.18. The predicted octanol–water partition coefficient (Wildman–Crippen LogP) is 3.27. The van der Waals surface area contributed by atoms with Crippen LogP contribution in [0.3, 0.4) is 0 Å². The van der Waals surface area contributed by atoms with Crippen molar-refractivity contribution in [2.75, 3.05) is 11.9 Å². The lowest BCUT2D eigenvalue weighted by Gasteiger charge is -2.12. The van der Waals surface area contributed by atoms with Crippen molar-refractivity contribution in [3.63, 3.8) is 0 Å². The van der Waals surface area contributed by atoms with Gasteiger partial charge in [-0.1, -0.05) is 12.1 Å². The second-order valence-electron chi connectivity index (χ2n) is 5.10. The highest BCUT2D eigenvalue weighted by atomic mass is 32.1. The number of fused-ring (bicyclic) bond motifs is 1. The van der Waals surface area contributed by atoms with E-state index in [0.29, 0.717) is 6.04 Å². The molecule has 1 aliphatic heterocycles. The van der Waals surface area contributed by atoms with Gasteiger partial charge in [0.2, 0.25) is 0 Å². The van der Waals surface area contributed by atoms with Gasteiger partial charge >= 0.3 is 0 Å². The van der Waals surface area contributed by atoms with Crippen LogP contribution in [0, 0.1) is 6.92 Å². The summed E-state index contributed by atoms with van der Waals surface area (Å²) in [6.45, 7) is 6.17. The number of nitrogens with zero attached hydrogens (tertiary/aromatic N) is 1. The maximum Gasteiger partial charge on any atom is 0.110 e. The molecule has 0 aliphatic carbocycles. The van der Waals surface area contributed by atoms with Crippen LogP contribution in [0.4, 0.5) is 5.69 Å². The van der Waals surface area contributed by atoms with E-state index >= 15 is 0 Å². The van der Waals surface area contributed by atoms with Gasteiger partial charge in [-0.3, -0.25) is 0 Å². The largest absolute Gasteiger partial charge is 0.384 e. The monoisotopic (exact) mass is 273 g/mol. The van der Waals surface area contributed by atoms with Gasteiger partial charge in [0.05, 0.1) is 6.04 Å². The van der Waals surface area contributed by atoms with Gasteiger partial charge in [-0.2, -0.15) is 0 Å². The van der Waals surface area contributed by atoms with Crippen LogP contribution < -0.4 is 10.6 Å². The number of hydrogen-bond acceptors (Lipinski definition) is 4. The van der Waals surface area contributed by atoms with Gasteiger partial charge in [-0.15, -0.1) is 11.3 Å². The third-order valence-corrected chi connectivity index (χ3v) is 4.65. The molecule has 3 nitrogen and oxygen atoms in total. The van der Waals surface area contributed by atoms with Crippen molar-refractivity contribution in [1.82, 2.24) is 10.3 Å². The molecule has 4 heteroatoms. The Hall–Kier alpha value is -1.39. The maximum absolute atomic E-state index is 4.52. The standard InChI is InChI=1S/C15H19N3S/c1-10-9-19-15(18-10)11(2)17-8-12-3-4-13-5-6-16-14(13)7-12/h3-4,7,9,11,16-17H,5-6,8H2,1-2H3. The van der Waals surface area contributed by atoms with Crippen LogP contribution in [-0.4, -0.2) is 11.5 Å². The lowest BCUT2D eigenvalue weighted by atomic mass is 10.1. The predicted molar refractivity (Wildman–Crippen MR) is 80.7 cm³/mol. The van der Waals surface area contributed by atoms with Gasteiger partial charge in [0.1, 0.15) is 5.01 Å². The van der Waals surface area contributed by atoms with Gasteiger partial charge in [0, 0.05) is 29.9 Å². The second kappa shape index (κ2) is 5.31. The van der Waals surface area contributed by atoms with Crippen LogP contribution in [0.15, 0.2) is 23.6 Å². The molecule has 0 radical (unpaired) electrons. The van der Waals surface area contributed by atoms with E-state index in [4.69, 9.17) is 0 Å². The summed E-state index contributed by atoms with van der Waals surface area (Å²) >= 11 is 1.73. The second-order valence-corrected chi connectivity index (χ2v) is 5.99. The molecule has 2 N–H and O–H groups in total. The average molecular weight is 273 g/mol. The SMILES string of the molecule is Cc1csc(C(C)NCc2ccc3c(c2)NCC3)n1. The summed E-state index contributed by atoms with van der Waals surface area (Å²) in [5, 5.41) is 10.2. The molecule has 2 heterocycles. The van der Waals surface area contributed by atoms with Crippen molar-refractivity contribution in [1.29, 1.82) is 0 Å². The summed E-state index contributed by atoms with van der Waals surface area (Å²) in [5.74, 6) is 0. The Labute approximate surface area is 118 Å². The van der Waals surface area contributed by atoms with Gasteiger partial charge < -0.3 is 10.6 Å². The molecule has 1 aromatic carbocycles. The number of rotatable bonds is 4. The van der Waals surface area contributed by atoms with Gasteiger partial charge in [-0.05, 0) is 37.5 Å². The van der Waals surface area contributed by atoms with Crippen LogP contribution in [0.1, 0.15) is 34.8 Å². The number of benzene rings is 1. The van der Waals surface area contributed by atoms with Crippen molar-refractivity contribution < 1.29 is 0 Å². The van der Waals surface area contributed by atoms with Crippen LogP contribution in [0.25, 0.3) is 0 Å². The average Bonchev–Trinajstić information content (AvgIpc) is 3.03. The normalized spacial score (nSPS) is 15.1. The number of aromatic nitrogens is 1. The van der Waals surface area contributed by atoms with Crippen molar-refractivity contribution in [2.45, 2.75) is 32.9 Å². The molecule has 0 saturated carbocycles. The zero-order valence-electron chi connectivity index (χ0n) is 11.4. The third-order valence-electron chi connectivity index (χ3n) is 3.50. The van der Waals surface area contributed by atoms with E-state index < -0.39 is 0 Å². The third kappa shape index (κ3) is 2.80. The zero-order chi connectivity index (χ0) is 13.2. The summed E-state index contributed by atoms with van der Waals surface area (Å²) in [6.07, 6.45) is 1.15. The van der Waals surface area contributed by atoms with Crippen LogP contribution in [0.2, 0.25) is 0 Å². The van der Waals surface area contributed by atoms with Gasteiger partial charge in [-0.25, -0.2) is 4.98 Å². The first-order valence-electron chi connectivity index (χ1n) is 6.73. The van der Waals surface area contributed by atoms with Gasteiger partial charge in [0.25, 0.3) is 0 Å². The van der Waals surface area contributed by atoms with E-state index in [1.54, 1.807) is 11.3 Å². The Morgan fingerprint density at radius 2 is 2.37 bits per heavy atom. The zero-order valence-corrected chi connectivity index (χ0v) is 12.2. The highest BCUT2D eigenvalue weighted by molar-refractivity contribution is 7.09. The minimum Gasteiger partial charge on any atom is -0.384 e. The molecule has 2 aromatic rings. The molecule has 19 heavy (non-hydrogen) atoms. The fraction of sp³-hybridized carbons (Fsp3) is 0.400. The Balaban J connectivity index is 1.63. The molecule has 0 saturated heterocycles. The molecule has 0 amide bonds. The molecule has 0 bridgehead atoms. The summed E-state index contributed by atoms with van der Waals surface area (Å²) in [7, 11) is 0. The van der Waals surface area contributed by atoms with Crippen LogP contribution in [0.5, 0.6) is 0 Å². The van der Waals surface area contributed by atoms with E-state index in [2.05, 4.69) is 46.1 Å². The van der Waals surface area contributed by atoms with Crippen LogP contribution in [-0.2, 0) is 13.0 Å². The molecule has 1 atom stereocenters. The molecule has 0 spiro atoms. The van der Waals surface area contributed by atoms with Crippen LogP contribution >= 0.6 is 11.3 Å². The Morgan fingerprint density at radius 1 is 1.47 bits per heavy atom. The molecule has 1 aliphatic rings. The highest BCUT2D eigenvalue weighted by Crippen LogP contribution is 2.24. The smallest absolute Gasteiger partial charge is 0.110 e. The van der Waals surface area contributed by atoms with E-state index in [1.807, 2.05) is 6.92 Å². The first-order chi connectivity index (χ1) is 9.22. The summed E-state index contributed by atoms with van der Waals surface area (Å²) < 4.78 is 0. The molecule has 1 aromatic heterocycles. The van der Waals surface area contributed by atoms with Crippen molar-refractivity contribution in [3.05, 3.63) is 45.4 Å². The quantitative estimate of drug-likeness (QED) is 0.897. The molecular weight excluding hydrogens is 254 g/mol. The minimum atomic E-state index is 0.305. The number of aryl methyl sites for hydroxylation is 1. The number of nitrogens with one attached hydrogen (secondary N) is 2. The van der Waals surface area contributed by atoms with Crippen molar-refractivity contribution >= 4 is 17.0 Å². The Morgan fingerprint density at radius 3 is 3.16 bits per heavy atom.